The van der Waals surface area contributed by atoms with E-state index in [1.54, 1.807) is 0 Å². The van der Waals surface area contributed by atoms with E-state index < -0.39 is 0 Å². The van der Waals surface area contributed by atoms with Crippen LogP contribution in [-0.2, 0) is 13.0 Å². The first-order valence-electron chi connectivity index (χ1n) is 7.94. The van der Waals surface area contributed by atoms with Crippen LogP contribution in [0.4, 0.5) is 0 Å². The Kier molecular flexibility index (Phi) is 4.22. The van der Waals surface area contributed by atoms with E-state index in [2.05, 4.69) is 20.1 Å². The van der Waals surface area contributed by atoms with E-state index in [1.807, 2.05) is 38.1 Å². The van der Waals surface area contributed by atoms with Gasteiger partial charge in [-0.05, 0) is 38.8 Å². The molecule has 1 aliphatic rings. The van der Waals surface area contributed by atoms with E-state index in [1.165, 1.54) is 12.8 Å². The largest absolute Gasteiger partial charge is 0.342 e. The normalized spacial score (nSPS) is 15.7. The summed E-state index contributed by atoms with van der Waals surface area (Å²) in [6, 6.07) is 7.47. The summed E-state index contributed by atoms with van der Waals surface area (Å²) in [4.78, 5) is 12.4. The summed E-state index contributed by atoms with van der Waals surface area (Å²) < 4.78 is 2.17. The molecular weight excluding hydrogens is 276 g/mol. The van der Waals surface area contributed by atoms with Gasteiger partial charge in [-0.1, -0.05) is 24.1 Å². The number of hydrogen-bond acceptors (Lipinski definition) is 3. The lowest BCUT2D eigenvalue weighted by Gasteiger charge is -2.15. The predicted octanol–water partition coefficient (Wildman–Crippen LogP) is 2.80. The van der Waals surface area contributed by atoms with Gasteiger partial charge < -0.3 is 9.88 Å². The van der Waals surface area contributed by atoms with E-state index >= 15 is 0 Å². The molecule has 1 N–H and O–H groups in total. The van der Waals surface area contributed by atoms with Crippen LogP contribution < -0.4 is 5.32 Å². The molecule has 1 aromatic heterocycles. The summed E-state index contributed by atoms with van der Waals surface area (Å²) in [5.74, 6) is 1.84. The number of fused-ring (bicyclic) bond motifs is 1. The summed E-state index contributed by atoms with van der Waals surface area (Å²) in [6.45, 7) is 4.90. The molecule has 5 nitrogen and oxygen atoms in total. The van der Waals surface area contributed by atoms with Gasteiger partial charge in [0.2, 0.25) is 0 Å². The fraction of sp³-hybridized carbons (Fsp3) is 0.471. The Morgan fingerprint density at radius 1 is 1.27 bits per heavy atom. The van der Waals surface area contributed by atoms with Crippen molar-refractivity contribution in [2.75, 3.05) is 0 Å². The topological polar surface area (TPSA) is 59.8 Å². The van der Waals surface area contributed by atoms with E-state index in [0.717, 1.165) is 36.6 Å². The maximum absolute atomic E-state index is 12.4. The Morgan fingerprint density at radius 2 is 2.14 bits per heavy atom. The highest BCUT2D eigenvalue weighted by molar-refractivity contribution is 5.94. The summed E-state index contributed by atoms with van der Waals surface area (Å²) in [5.41, 5.74) is 1.76. The van der Waals surface area contributed by atoms with E-state index in [-0.39, 0.29) is 11.9 Å². The standard InChI is InChI=1S/C17H22N4O/c1-12-7-6-8-14(11-12)17(22)18-13(2)16-20-19-15-9-4-3-5-10-21(15)16/h6-8,11,13H,3-5,9-10H2,1-2H3,(H,18,22)/t13-/m0/s1. The van der Waals surface area contributed by atoms with Crippen LogP contribution in [0.25, 0.3) is 0 Å². The summed E-state index contributed by atoms with van der Waals surface area (Å²) in [5, 5.41) is 11.6. The quantitative estimate of drug-likeness (QED) is 0.948. The fourth-order valence-corrected chi connectivity index (χ4v) is 2.96. The van der Waals surface area contributed by atoms with Crippen molar-refractivity contribution in [1.29, 1.82) is 0 Å². The van der Waals surface area contributed by atoms with Crippen LogP contribution in [0.1, 0.15) is 59.8 Å². The van der Waals surface area contributed by atoms with Gasteiger partial charge in [0.05, 0.1) is 6.04 Å². The minimum atomic E-state index is -0.146. The molecule has 0 aliphatic carbocycles. The Labute approximate surface area is 130 Å². The van der Waals surface area contributed by atoms with Gasteiger partial charge in [0.25, 0.3) is 5.91 Å². The zero-order valence-corrected chi connectivity index (χ0v) is 13.2. The Balaban J connectivity index is 1.76. The zero-order chi connectivity index (χ0) is 15.5. The van der Waals surface area contributed by atoms with Crippen LogP contribution in [0.5, 0.6) is 0 Å². The Morgan fingerprint density at radius 3 is 2.95 bits per heavy atom. The number of nitrogens with one attached hydrogen (secondary N) is 1. The van der Waals surface area contributed by atoms with Crippen molar-refractivity contribution >= 4 is 5.91 Å². The van der Waals surface area contributed by atoms with Crippen molar-refractivity contribution in [3.63, 3.8) is 0 Å². The third kappa shape index (κ3) is 3.03. The molecule has 0 unspecified atom stereocenters. The van der Waals surface area contributed by atoms with Crippen LogP contribution in [0.2, 0.25) is 0 Å². The molecule has 5 heteroatoms. The molecule has 1 aliphatic heterocycles. The van der Waals surface area contributed by atoms with Gasteiger partial charge in [0, 0.05) is 18.5 Å². The monoisotopic (exact) mass is 298 g/mol. The van der Waals surface area contributed by atoms with Crippen LogP contribution in [0, 0.1) is 6.92 Å². The molecule has 0 spiro atoms. The van der Waals surface area contributed by atoms with Gasteiger partial charge in [-0.3, -0.25) is 4.79 Å². The average molecular weight is 298 g/mol. The molecule has 0 bridgehead atoms. The second-order valence-corrected chi connectivity index (χ2v) is 6.00. The summed E-state index contributed by atoms with van der Waals surface area (Å²) >= 11 is 0. The van der Waals surface area contributed by atoms with Crippen molar-refractivity contribution in [3.05, 3.63) is 47.0 Å². The molecule has 0 radical (unpaired) electrons. The minimum Gasteiger partial charge on any atom is -0.342 e. The van der Waals surface area contributed by atoms with Crippen molar-refractivity contribution < 1.29 is 4.79 Å². The predicted molar refractivity (Wildman–Crippen MR) is 84.6 cm³/mol. The summed E-state index contributed by atoms with van der Waals surface area (Å²) in [7, 11) is 0. The third-order valence-corrected chi connectivity index (χ3v) is 4.15. The lowest BCUT2D eigenvalue weighted by atomic mass is 10.1. The van der Waals surface area contributed by atoms with Gasteiger partial charge in [-0.25, -0.2) is 0 Å². The van der Waals surface area contributed by atoms with Crippen molar-refractivity contribution in [2.45, 2.75) is 52.1 Å². The number of nitrogens with zero attached hydrogens (tertiary/aromatic N) is 3. The highest BCUT2D eigenvalue weighted by Gasteiger charge is 2.20. The number of carbonyl (C=O) groups excluding carboxylic acids is 1. The molecule has 3 rings (SSSR count). The molecule has 22 heavy (non-hydrogen) atoms. The first-order chi connectivity index (χ1) is 10.6. The van der Waals surface area contributed by atoms with E-state index in [9.17, 15) is 4.79 Å². The molecule has 1 amide bonds. The first-order valence-corrected chi connectivity index (χ1v) is 7.94. The maximum Gasteiger partial charge on any atom is 0.251 e. The highest BCUT2D eigenvalue weighted by Crippen LogP contribution is 2.19. The molecule has 2 heterocycles. The molecule has 1 atom stereocenters. The number of aryl methyl sites for hydroxylation is 2. The average Bonchev–Trinajstić information content (AvgIpc) is 2.76. The summed E-state index contributed by atoms with van der Waals surface area (Å²) in [6.07, 6.45) is 4.52. The Bertz CT molecular complexity index is 677. The highest BCUT2D eigenvalue weighted by atomic mass is 16.1. The number of amides is 1. The van der Waals surface area contributed by atoms with E-state index in [4.69, 9.17) is 0 Å². The number of hydrogen-bond donors (Lipinski definition) is 1. The number of carbonyl (C=O) groups is 1. The van der Waals surface area contributed by atoms with Gasteiger partial charge in [-0.2, -0.15) is 0 Å². The SMILES string of the molecule is Cc1cccc(C(=O)N[C@@H](C)c2nnc3n2CCCCC3)c1. The van der Waals surface area contributed by atoms with Crippen LogP contribution in [0.15, 0.2) is 24.3 Å². The van der Waals surface area contributed by atoms with Crippen molar-refractivity contribution in [3.8, 4) is 0 Å². The van der Waals surface area contributed by atoms with Crippen LogP contribution >= 0.6 is 0 Å². The molecule has 1 aromatic carbocycles. The fourth-order valence-electron chi connectivity index (χ4n) is 2.96. The second kappa shape index (κ2) is 6.30. The zero-order valence-electron chi connectivity index (χ0n) is 13.2. The number of rotatable bonds is 3. The van der Waals surface area contributed by atoms with Gasteiger partial charge >= 0.3 is 0 Å². The molecule has 0 saturated carbocycles. The lowest BCUT2D eigenvalue weighted by molar-refractivity contribution is 0.0937. The van der Waals surface area contributed by atoms with Crippen LogP contribution in [0.3, 0.4) is 0 Å². The molecule has 2 aromatic rings. The molecule has 0 saturated heterocycles. The second-order valence-electron chi connectivity index (χ2n) is 6.00. The third-order valence-electron chi connectivity index (χ3n) is 4.15. The maximum atomic E-state index is 12.4. The molecule has 0 fully saturated rings. The smallest absolute Gasteiger partial charge is 0.251 e. The minimum absolute atomic E-state index is 0.0674. The van der Waals surface area contributed by atoms with Crippen molar-refractivity contribution in [2.24, 2.45) is 0 Å². The molecular formula is C17H22N4O. The van der Waals surface area contributed by atoms with E-state index in [0.29, 0.717) is 5.56 Å². The molecule has 116 valence electrons. The lowest BCUT2D eigenvalue weighted by Crippen LogP contribution is -2.29. The van der Waals surface area contributed by atoms with Gasteiger partial charge in [0.1, 0.15) is 5.82 Å². The Hall–Kier alpha value is -2.17. The van der Waals surface area contributed by atoms with Crippen molar-refractivity contribution in [1.82, 2.24) is 20.1 Å². The van der Waals surface area contributed by atoms with Gasteiger partial charge in [0.15, 0.2) is 5.82 Å². The first kappa shape index (κ1) is 14.8. The number of benzene rings is 1. The van der Waals surface area contributed by atoms with Gasteiger partial charge in [-0.15, -0.1) is 10.2 Å². The van der Waals surface area contributed by atoms with Crippen LogP contribution in [-0.4, -0.2) is 20.7 Å². The number of aromatic nitrogens is 3.